The molecule has 0 aliphatic carbocycles. The van der Waals surface area contributed by atoms with Gasteiger partial charge in [-0.3, -0.25) is 14.8 Å². The smallest absolute Gasteiger partial charge is 0.255 e. The average molecular weight is 363 g/mol. The van der Waals surface area contributed by atoms with E-state index in [4.69, 9.17) is 11.6 Å². The van der Waals surface area contributed by atoms with Crippen molar-refractivity contribution in [3.63, 3.8) is 0 Å². The molecule has 0 radical (unpaired) electrons. The van der Waals surface area contributed by atoms with Crippen LogP contribution in [0, 0.1) is 0 Å². The van der Waals surface area contributed by atoms with Gasteiger partial charge < -0.3 is 5.32 Å². The quantitative estimate of drug-likeness (QED) is 0.739. The van der Waals surface area contributed by atoms with E-state index in [1.807, 2.05) is 0 Å². The molecule has 0 atom stereocenters. The number of carbonyl (C=O) groups is 1. The van der Waals surface area contributed by atoms with Gasteiger partial charge in [0.1, 0.15) is 0 Å². The van der Waals surface area contributed by atoms with E-state index < -0.39 is 0 Å². The summed E-state index contributed by atoms with van der Waals surface area (Å²) in [5.41, 5.74) is 2.55. The van der Waals surface area contributed by atoms with Gasteiger partial charge in [0.15, 0.2) is 0 Å². The second kappa shape index (κ2) is 5.79. The van der Waals surface area contributed by atoms with Crippen molar-refractivity contribution >= 4 is 50.2 Å². The predicted octanol–water partition coefficient (Wildman–Crippen LogP) is 4.30. The molecule has 4 nitrogen and oxygen atoms in total. The zero-order valence-corrected chi connectivity index (χ0v) is 13.0. The van der Waals surface area contributed by atoms with Crippen molar-refractivity contribution in [2.75, 3.05) is 5.32 Å². The maximum absolute atomic E-state index is 12.3. The van der Waals surface area contributed by atoms with Crippen LogP contribution in [0.25, 0.3) is 11.0 Å². The standard InChI is InChI=1S/C15H9BrClN3O/c16-11-3-2-10(17)8-13(11)20-15(21)9-1-4-12-14(7-9)19-6-5-18-12/h1-8H,(H,20,21). The molecule has 1 heterocycles. The molecule has 21 heavy (non-hydrogen) atoms. The van der Waals surface area contributed by atoms with Gasteiger partial charge in [0.25, 0.3) is 5.91 Å². The third kappa shape index (κ3) is 3.04. The van der Waals surface area contributed by atoms with Crippen LogP contribution < -0.4 is 5.32 Å². The fraction of sp³-hybridized carbons (Fsp3) is 0. The van der Waals surface area contributed by atoms with E-state index >= 15 is 0 Å². The first-order valence-corrected chi connectivity index (χ1v) is 7.28. The van der Waals surface area contributed by atoms with E-state index in [1.165, 1.54) is 0 Å². The van der Waals surface area contributed by atoms with Crippen LogP contribution in [0.5, 0.6) is 0 Å². The number of nitrogens with one attached hydrogen (secondary N) is 1. The molecular formula is C15H9BrClN3O. The highest BCUT2D eigenvalue weighted by Gasteiger charge is 2.10. The number of rotatable bonds is 2. The summed E-state index contributed by atoms with van der Waals surface area (Å²) in [6.07, 6.45) is 3.21. The Morgan fingerprint density at radius 2 is 1.81 bits per heavy atom. The average Bonchev–Trinajstić information content (AvgIpc) is 2.50. The zero-order valence-electron chi connectivity index (χ0n) is 10.7. The van der Waals surface area contributed by atoms with Gasteiger partial charge in [0.2, 0.25) is 0 Å². The van der Waals surface area contributed by atoms with Crippen LogP contribution in [0.1, 0.15) is 10.4 Å². The molecule has 0 unspecified atom stereocenters. The van der Waals surface area contributed by atoms with Crippen molar-refractivity contribution < 1.29 is 4.79 Å². The summed E-state index contributed by atoms with van der Waals surface area (Å²) in [6, 6.07) is 10.4. The van der Waals surface area contributed by atoms with E-state index in [0.29, 0.717) is 21.8 Å². The maximum atomic E-state index is 12.3. The molecule has 0 spiro atoms. The lowest BCUT2D eigenvalue weighted by Gasteiger charge is -2.08. The molecule has 3 aromatic rings. The van der Waals surface area contributed by atoms with Crippen LogP contribution in [-0.2, 0) is 0 Å². The molecule has 3 rings (SSSR count). The molecule has 0 bridgehead atoms. The highest BCUT2D eigenvalue weighted by molar-refractivity contribution is 9.10. The minimum absolute atomic E-state index is 0.231. The van der Waals surface area contributed by atoms with Crippen molar-refractivity contribution in [3.05, 3.63) is 63.9 Å². The normalized spacial score (nSPS) is 10.6. The Hall–Kier alpha value is -1.98. The molecule has 0 saturated heterocycles. The monoisotopic (exact) mass is 361 g/mol. The second-order valence-electron chi connectivity index (χ2n) is 4.34. The lowest BCUT2D eigenvalue weighted by Crippen LogP contribution is -2.12. The maximum Gasteiger partial charge on any atom is 0.255 e. The third-order valence-electron chi connectivity index (χ3n) is 2.91. The Morgan fingerprint density at radius 1 is 1.05 bits per heavy atom. The number of fused-ring (bicyclic) bond motifs is 1. The summed E-state index contributed by atoms with van der Waals surface area (Å²) in [6.45, 7) is 0. The largest absolute Gasteiger partial charge is 0.321 e. The van der Waals surface area contributed by atoms with E-state index in [-0.39, 0.29) is 5.91 Å². The summed E-state index contributed by atoms with van der Waals surface area (Å²) in [5, 5.41) is 3.37. The fourth-order valence-corrected chi connectivity index (χ4v) is 2.41. The number of nitrogens with zero attached hydrogens (tertiary/aromatic N) is 2. The summed E-state index contributed by atoms with van der Waals surface area (Å²) in [7, 11) is 0. The van der Waals surface area contributed by atoms with Crippen LogP contribution in [0.3, 0.4) is 0 Å². The Balaban J connectivity index is 1.91. The first-order valence-electron chi connectivity index (χ1n) is 6.11. The molecule has 0 aliphatic heterocycles. The van der Waals surface area contributed by atoms with Crippen LogP contribution in [-0.4, -0.2) is 15.9 Å². The van der Waals surface area contributed by atoms with Crippen LogP contribution >= 0.6 is 27.5 Å². The second-order valence-corrected chi connectivity index (χ2v) is 5.63. The van der Waals surface area contributed by atoms with Crippen LogP contribution in [0.2, 0.25) is 5.02 Å². The summed E-state index contributed by atoms with van der Waals surface area (Å²) < 4.78 is 0.765. The summed E-state index contributed by atoms with van der Waals surface area (Å²) in [4.78, 5) is 20.7. The number of amides is 1. The minimum Gasteiger partial charge on any atom is -0.321 e. The van der Waals surface area contributed by atoms with Crippen LogP contribution in [0.4, 0.5) is 5.69 Å². The van der Waals surface area contributed by atoms with Gasteiger partial charge in [0.05, 0.1) is 16.7 Å². The highest BCUT2D eigenvalue weighted by atomic mass is 79.9. The molecule has 0 aliphatic rings. The number of hydrogen-bond donors (Lipinski definition) is 1. The van der Waals surface area contributed by atoms with Crippen molar-refractivity contribution in [2.45, 2.75) is 0 Å². The molecule has 6 heteroatoms. The van der Waals surface area contributed by atoms with Gasteiger partial charge in [0, 0.05) is 27.5 Å². The molecule has 104 valence electrons. The number of anilines is 1. The van der Waals surface area contributed by atoms with E-state index in [0.717, 1.165) is 9.99 Å². The van der Waals surface area contributed by atoms with Gasteiger partial charge in [-0.05, 0) is 52.3 Å². The number of benzene rings is 2. The molecule has 2 aromatic carbocycles. The van der Waals surface area contributed by atoms with Crippen LogP contribution in [0.15, 0.2) is 53.3 Å². The van der Waals surface area contributed by atoms with Crippen molar-refractivity contribution in [1.82, 2.24) is 9.97 Å². The van der Waals surface area contributed by atoms with Gasteiger partial charge in [-0.1, -0.05) is 11.6 Å². The predicted molar refractivity (Wildman–Crippen MR) is 86.6 cm³/mol. The van der Waals surface area contributed by atoms with Crippen molar-refractivity contribution in [2.24, 2.45) is 0 Å². The molecular weight excluding hydrogens is 354 g/mol. The Labute approximate surface area is 134 Å². The Kier molecular flexibility index (Phi) is 3.86. The van der Waals surface area contributed by atoms with Gasteiger partial charge in [-0.25, -0.2) is 0 Å². The molecule has 0 fully saturated rings. The molecule has 1 amide bonds. The number of hydrogen-bond acceptors (Lipinski definition) is 3. The lowest BCUT2D eigenvalue weighted by molar-refractivity contribution is 0.102. The molecule has 0 saturated carbocycles. The van der Waals surface area contributed by atoms with Crippen molar-refractivity contribution in [1.29, 1.82) is 0 Å². The van der Waals surface area contributed by atoms with E-state index in [9.17, 15) is 4.79 Å². The number of carbonyl (C=O) groups excluding carboxylic acids is 1. The lowest BCUT2D eigenvalue weighted by atomic mass is 10.1. The first kappa shape index (κ1) is 14.0. The van der Waals surface area contributed by atoms with Gasteiger partial charge >= 0.3 is 0 Å². The van der Waals surface area contributed by atoms with Crippen molar-refractivity contribution in [3.8, 4) is 0 Å². The Bertz CT molecular complexity index is 838. The first-order chi connectivity index (χ1) is 10.1. The number of halogens is 2. The van der Waals surface area contributed by atoms with E-state index in [2.05, 4.69) is 31.2 Å². The molecule has 1 N–H and O–H groups in total. The minimum atomic E-state index is -0.231. The highest BCUT2D eigenvalue weighted by Crippen LogP contribution is 2.26. The van der Waals surface area contributed by atoms with Gasteiger partial charge in [-0.2, -0.15) is 0 Å². The number of aromatic nitrogens is 2. The fourth-order valence-electron chi connectivity index (χ4n) is 1.89. The SMILES string of the molecule is O=C(Nc1cc(Cl)ccc1Br)c1ccc2nccnc2c1. The Morgan fingerprint density at radius 3 is 2.62 bits per heavy atom. The zero-order chi connectivity index (χ0) is 14.8. The van der Waals surface area contributed by atoms with Gasteiger partial charge in [-0.15, -0.1) is 0 Å². The summed E-state index contributed by atoms with van der Waals surface area (Å²) >= 11 is 9.31. The van der Waals surface area contributed by atoms with E-state index in [1.54, 1.807) is 48.8 Å². The third-order valence-corrected chi connectivity index (χ3v) is 3.83. The molecule has 1 aromatic heterocycles. The summed E-state index contributed by atoms with van der Waals surface area (Å²) in [5.74, 6) is -0.231. The topological polar surface area (TPSA) is 54.9 Å².